The second kappa shape index (κ2) is 7.67. The molecular weight excluding hydrogens is 429 g/mol. The third-order valence-electron chi connectivity index (χ3n) is 4.34. The van der Waals surface area contributed by atoms with Crippen LogP contribution in [0.2, 0.25) is 0 Å². The minimum atomic E-state index is -5.22. The van der Waals surface area contributed by atoms with Crippen molar-refractivity contribution in [2.24, 2.45) is 0 Å². The van der Waals surface area contributed by atoms with Crippen LogP contribution < -0.4 is 15.1 Å². The lowest BCUT2D eigenvalue weighted by molar-refractivity contribution is -0.137. The number of hydrogen-bond donors (Lipinski definition) is 1. The Kier molecular flexibility index (Phi) is 3.23. The number of carbonyl (C=O) groups excluding carboxylic acids is 2. The van der Waals surface area contributed by atoms with Gasteiger partial charge in [0.05, 0.1) is 31.1 Å². The molecule has 6 nitrogen and oxygen atoms in total. The number of benzene rings is 2. The highest BCUT2D eigenvalue weighted by Crippen LogP contribution is 2.39. The number of halogens is 3. The standard InChI is InChI=1S/C21H17F3N4O2S/c1-20(2)18(30)27(15-9-6-13(11-25)16(10-15)21(22,23)24)19(31)28(20)14-7-4-12(5-8-14)17(29)26-3/h4-10H,1-3H3,(H,26,29)/i3D3,4D,5D,7D,8D,9D,10D. The molecule has 0 radical (unpaired) electrons. The van der Waals surface area contributed by atoms with E-state index in [4.69, 9.17) is 29.8 Å². The Labute approximate surface area is 194 Å². The molecule has 0 spiro atoms. The Morgan fingerprint density at radius 2 is 1.90 bits per heavy atom. The second-order valence-electron chi connectivity index (χ2n) is 6.66. The van der Waals surface area contributed by atoms with E-state index in [9.17, 15) is 22.8 Å². The molecule has 0 atom stereocenters. The van der Waals surface area contributed by atoms with Crippen LogP contribution in [0, 0.1) is 11.3 Å². The molecule has 160 valence electrons. The van der Waals surface area contributed by atoms with Gasteiger partial charge >= 0.3 is 6.18 Å². The number of anilines is 2. The summed E-state index contributed by atoms with van der Waals surface area (Å²) < 4.78 is 112. The fourth-order valence-corrected chi connectivity index (χ4v) is 3.32. The van der Waals surface area contributed by atoms with Crippen molar-refractivity contribution < 1.29 is 35.1 Å². The third-order valence-corrected chi connectivity index (χ3v) is 4.70. The zero-order valence-electron chi connectivity index (χ0n) is 24.8. The molecular formula is C21H17F3N4O2S. The first-order chi connectivity index (χ1) is 18.1. The van der Waals surface area contributed by atoms with E-state index in [-0.39, 0.29) is 0 Å². The van der Waals surface area contributed by atoms with Gasteiger partial charge < -0.3 is 10.2 Å². The molecule has 2 aromatic rings. The monoisotopic (exact) mass is 455 g/mol. The lowest BCUT2D eigenvalue weighted by Gasteiger charge is -2.29. The Morgan fingerprint density at radius 1 is 1.26 bits per heavy atom. The maximum Gasteiger partial charge on any atom is 0.417 e. The van der Waals surface area contributed by atoms with E-state index >= 15 is 0 Å². The van der Waals surface area contributed by atoms with Crippen molar-refractivity contribution in [1.29, 1.82) is 5.26 Å². The van der Waals surface area contributed by atoms with Gasteiger partial charge in [0.2, 0.25) is 0 Å². The van der Waals surface area contributed by atoms with Crippen molar-refractivity contribution in [2.75, 3.05) is 16.8 Å². The molecule has 0 aliphatic carbocycles. The second-order valence-corrected chi connectivity index (χ2v) is 7.02. The topological polar surface area (TPSA) is 76.4 Å². The zero-order valence-corrected chi connectivity index (χ0v) is 16.6. The average Bonchev–Trinajstić information content (AvgIpc) is 2.95. The SMILES string of the molecule is [2H]c1cc(C#N)c(C(F)(F)F)c([2H])c1N1C(=O)C(C)(C)N(c2c([2H])c([2H])c(C(=O)NC([2H])([2H])[2H])c([2H])c2[2H])C1=S. The van der Waals surface area contributed by atoms with E-state index in [1.165, 1.54) is 19.9 Å². The van der Waals surface area contributed by atoms with Crippen LogP contribution in [0.15, 0.2) is 42.3 Å². The molecule has 0 bridgehead atoms. The van der Waals surface area contributed by atoms with E-state index in [2.05, 4.69) is 0 Å². The van der Waals surface area contributed by atoms with Gasteiger partial charge in [-0.1, -0.05) is 0 Å². The Hall–Kier alpha value is -3.45. The first kappa shape index (κ1) is 13.1. The zero-order chi connectivity index (χ0) is 30.9. The molecule has 2 amide bonds. The van der Waals surface area contributed by atoms with E-state index in [1.54, 1.807) is 5.32 Å². The predicted octanol–water partition coefficient (Wildman–Crippen LogP) is 3.85. The van der Waals surface area contributed by atoms with Gasteiger partial charge in [-0.25, -0.2) is 0 Å². The minimum Gasteiger partial charge on any atom is -0.355 e. The molecule has 10 heteroatoms. The van der Waals surface area contributed by atoms with Crippen LogP contribution in [0.5, 0.6) is 0 Å². The number of hydrogen-bond acceptors (Lipinski definition) is 4. The number of amides is 2. The van der Waals surface area contributed by atoms with Crippen molar-refractivity contribution in [1.82, 2.24) is 5.32 Å². The normalized spacial score (nSPS) is 20.3. The van der Waals surface area contributed by atoms with Crippen LogP contribution >= 0.6 is 12.2 Å². The van der Waals surface area contributed by atoms with Gasteiger partial charge in [-0.15, -0.1) is 0 Å². The first-order valence-corrected chi connectivity index (χ1v) is 8.73. The molecule has 0 unspecified atom stereocenters. The van der Waals surface area contributed by atoms with Gasteiger partial charge in [-0.05, 0) is 68.4 Å². The van der Waals surface area contributed by atoms with Crippen molar-refractivity contribution >= 4 is 40.5 Å². The Balaban J connectivity index is 2.30. The molecule has 0 saturated carbocycles. The Morgan fingerprint density at radius 3 is 2.45 bits per heavy atom. The van der Waals surface area contributed by atoms with E-state index < -0.39 is 99.9 Å². The number of thiocarbonyl (C=S) groups is 1. The van der Waals surface area contributed by atoms with Crippen LogP contribution in [0.3, 0.4) is 0 Å². The van der Waals surface area contributed by atoms with Gasteiger partial charge in [-0.3, -0.25) is 14.5 Å². The van der Waals surface area contributed by atoms with Gasteiger partial charge in [0, 0.05) is 22.3 Å². The van der Waals surface area contributed by atoms with E-state index in [1.807, 2.05) is 0 Å². The molecule has 1 fully saturated rings. The summed E-state index contributed by atoms with van der Waals surface area (Å²) in [5.41, 5.74) is -7.21. The molecule has 1 aliphatic rings. The van der Waals surface area contributed by atoms with Crippen molar-refractivity contribution in [3.05, 3.63) is 59.0 Å². The molecule has 1 heterocycles. The van der Waals surface area contributed by atoms with Gasteiger partial charge in [0.15, 0.2) is 5.11 Å². The first-order valence-electron chi connectivity index (χ1n) is 12.8. The number of nitriles is 1. The van der Waals surface area contributed by atoms with Crippen molar-refractivity contribution in [2.45, 2.75) is 25.6 Å². The molecule has 2 aromatic carbocycles. The molecule has 31 heavy (non-hydrogen) atoms. The summed E-state index contributed by atoms with van der Waals surface area (Å²) in [6, 6.07) is -4.33. The highest BCUT2D eigenvalue weighted by molar-refractivity contribution is 7.81. The number of alkyl halides is 3. The predicted molar refractivity (Wildman–Crippen MR) is 113 cm³/mol. The highest BCUT2D eigenvalue weighted by Gasteiger charge is 2.50. The summed E-state index contributed by atoms with van der Waals surface area (Å²) in [6.07, 6.45) is -5.22. The van der Waals surface area contributed by atoms with E-state index in [0.717, 1.165) is 4.90 Å². The minimum absolute atomic E-state index is 0.414. The largest absolute Gasteiger partial charge is 0.417 e. The lowest BCUT2D eigenvalue weighted by Crippen LogP contribution is -2.44. The number of carbonyl (C=O) groups is 2. The summed E-state index contributed by atoms with van der Waals surface area (Å²) in [5.74, 6) is -2.54. The van der Waals surface area contributed by atoms with E-state index in [0.29, 0.717) is 11.0 Å². The van der Waals surface area contributed by atoms with Crippen LogP contribution in [0.4, 0.5) is 24.5 Å². The van der Waals surface area contributed by atoms with Gasteiger partial charge in [-0.2, -0.15) is 18.4 Å². The van der Waals surface area contributed by atoms with Crippen LogP contribution in [-0.2, 0) is 11.0 Å². The summed E-state index contributed by atoms with van der Waals surface area (Å²) in [5, 5.41) is 9.98. The number of nitrogens with one attached hydrogen (secondary N) is 1. The van der Waals surface area contributed by atoms with Crippen LogP contribution in [0.1, 0.15) is 47.7 Å². The van der Waals surface area contributed by atoms with Crippen LogP contribution in [-0.4, -0.2) is 29.4 Å². The molecule has 1 saturated heterocycles. The molecule has 0 aromatic heterocycles. The number of nitrogens with zero attached hydrogens (tertiary/aromatic N) is 3. The summed E-state index contributed by atoms with van der Waals surface area (Å²) in [6.45, 7) is -0.655. The maximum atomic E-state index is 13.7. The number of rotatable bonds is 3. The highest BCUT2D eigenvalue weighted by atomic mass is 32.1. The van der Waals surface area contributed by atoms with Crippen molar-refractivity contribution in [3.8, 4) is 6.07 Å². The smallest absolute Gasteiger partial charge is 0.355 e. The fourth-order valence-electron chi connectivity index (χ4n) is 2.83. The van der Waals surface area contributed by atoms with Gasteiger partial charge in [0.1, 0.15) is 5.54 Å². The van der Waals surface area contributed by atoms with Crippen LogP contribution in [0.25, 0.3) is 0 Å². The van der Waals surface area contributed by atoms with Gasteiger partial charge in [0.25, 0.3) is 11.8 Å². The third kappa shape index (κ3) is 3.72. The molecule has 1 N–H and O–H groups in total. The molecule has 1 aliphatic heterocycles. The fraction of sp³-hybridized carbons (Fsp3) is 0.238. The summed E-state index contributed by atoms with van der Waals surface area (Å²) in [7, 11) is 0. The lowest BCUT2D eigenvalue weighted by atomic mass is 10.0. The average molecular weight is 456 g/mol. The summed E-state index contributed by atoms with van der Waals surface area (Å²) >= 11 is 5.31. The maximum absolute atomic E-state index is 13.7. The van der Waals surface area contributed by atoms with Crippen molar-refractivity contribution in [3.63, 3.8) is 0 Å². The quantitative estimate of drug-likeness (QED) is 0.712. The molecule has 3 rings (SSSR count). The Bertz CT molecular complexity index is 1510. The summed E-state index contributed by atoms with van der Waals surface area (Å²) in [4.78, 5) is 27.1.